The van der Waals surface area contributed by atoms with Crippen LogP contribution in [0.1, 0.15) is 26.4 Å². The summed E-state index contributed by atoms with van der Waals surface area (Å²) in [5, 5.41) is 9.29. The van der Waals surface area contributed by atoms with Crippen molar-refractivity contribution < 1.29 is 19.4 Å². The predicted molar refractivity (Wildman–Crippen MR) is 72.7 cm³/mol. The molecular weight excluding hydrogens is 258 g/mol. The first kappa shape index (κ1) is 13.7. The van der Waals surface area contributed by atoms with Crippen LogP contribution in [0.25, 0.3) is 11.1 Å². The Morgan fingerprint density at radius 1 is 1.15 bits per heavy atom. The molecule has 0 saturated carbocycles. The fourth-order valence-electron chi connectivity index (χ4n) is 1.94. The number of pyridine rings is 1. The molecule has 0 saturated heterocycles. The van der Waals surface area contributed by atoms with E-state index in [9.17, 15) is 14.7 Å². The van der Waals surface area contributed by atoms with Crippen LogP contribution in [0, 0.1) is 6.92 Å². The lowest BCUT2D eigenvalue weighted by Gasteiger charge is -2.11. The Morgan fingerprint density at radius 3 is 2.40 bits per heavy atom. The molecule has 0 atom stereocenters. The first-order valence-electron chi connectivity index (χ1n) is 5.92. The van der Waals surface area contributed by atoms with Crippen molar-refractivity contribution in [1.82, 2.24) is 4.98 Å². The molecule has 0 unspecified atom stereocenters. The third-order valence-electron chi connectivity index (χ3n) is 2.90. The summed E-state index contributed by atoms with van der Waals surface area (Å²) in [5.74, 6) is -1.69. The zero-order valence-corrected chi connectivity index (χ0v) is 11.1. The van der Waals surface area contributed by atoms with Crippen LogP contribution >= 0.6 is 0 Å². The minimum Gasteiger partial charge on any atom is -0.478 e. The van der Waals surface area contributed by atoms with Gasteiger partial charge in [-0.05, 0) is 25.1 Å². The first-order chi connectivity index (χ1) is 9.54. The number of nitrogens with zero attached hydrogens (tertiary/aromatic N) is 1. The smallest absolute Gasteiger partial charge is 0.338 e. The summed E-state index contributed by atoms with van der Waals surface area (Å²) in [6, 6.07) is 7.99. The van der Waals surface area contributed by atoms with Gasteiger partial charge in [0.1, 0.15) is 0 Å². The Hall–Kier alpha value is -2.69. The third kappa shape index (κ3) is 2.51. The highest BCUT2D eigenvalue weighted by Gasteiger charge is 2.20. The van der Waals surface area contributed by atoms with Crippen LogP contribution < -0.4 is 0 Å². The van der Waals surface area contributed by atoms with Crippen molar-refractivity contribution in [2.45, 2.75) is 6.92 Å². The second-order valence-electron chi connectivity index (χ2n) is 4.21. The number of aromatic carboxylic acids is 1. The predicted octanol–water partition coefficient (Wildman–Crippen LogP) is 2.54. The van der Waals surface area contributed by atoms with E-state index in [1.54, 1.807) is 18.3 Å². The highest BCUT2D eigenvalue weighted by molar-refractivity contribution is 6.05. The lowest BCUT2D eigenvalue weighted by Crippen LogP contribution is -2.08. The number of carbonyl (C=O) groups excluding carboxylic acids is 1. The van der Waals surface area contributed by atoms with Crippen LogP contribution in [0.5, 0.6) is 0 Å². The molecule has 2 rings (SSSR count). The second kappa shape index (κ2) is 5.52. The van der Waals surface area contributed by atoms with Gasteiger partial charge >= 0.3 is 11.9 Å². The largest absolute Gasteiger partial charge is 0.478 e. The van der Waals surface area contributed by atoms with Crippen molar-refractivity contribution >= 4 is 11.9 Å². The maximum Gasteiger partial charge on any atom is 0.338 e. The number of methoxy groups -OCH3 is 1. The van der Waals surface area contributed by atoms with E-state index in [4.69, 9.17) is 4.74 Å². The van der Waals surface area contributed by atoms with E-state index in [0.717, 1.165) is 5.69 Å². The lowest BCUT2D eigenvalue weighted by molar-refractivity contribution is 0.0601. The minimum atomic E-state index is -1.11. The average Bonchev–Trinajstić information content (AvgIpc) is 2.46. The number of carbonyl (C=O) groups is 2. The van der Waals surface area contributed by atoms with Crippen LogP contribution in [0.2, 0.25) is 0 Å². The summed E-state index contributed by atoms with van der Waals surface area (Å²) >= 11 is 0. The minimum absolute atomic E-state index is 0.0403. The highest BCUT2D eigenvalue weighted by Crippen LogP contribution is 2.28. The Morgan fingerprint density at radius 2 is 1.85 bits per heavy atom. The van der Waals surface area contributed by atoms with E-state index < -0.39 is 11.9 Å². The number of aromatic nitrogens is 1. The molecule has 0 aliphatic heterocycles. The molecule has 1 heterocycles. The van der Waals surface area contributed by atoms with E-state index >= 15 is 0 Å². The molecule has 102 valence electrons. The van der Waals surface area contributed by atoms with Crippen LogP contribution in [0.3, 0.4) is 0 Å². The number of carboxylic acid groups (broad SMARTS) is 1. The number of carboxylic acids is 1. The van der Waals surface area contributed by atoms with Crippen molar-refractivity contribution in [3.63, 3.8) is 0 Å². The number of rotatable bonds is 3. The number of ether oxygens (including phenoxy) is 1. The first-order valence-corrected chi connectivity index (χ1v) is 5.92. The van der Waals surface area contributed by atoms with Crippen LogP contribution in [0.15, 0.2) is 36.5 Å². The zero-order valence-electron chi connectivity index (χ0n) is 11.1. The van der Waals surface area contributed by atoms with Gasteiger partial charge in [-0.3, -0.25) is 4.98 Å². The number of benzene rings is 1. The molecule has 2 aromatic rings. The molecule has 0 radical (unpaired) electrons. The molecule has 0 spiro atoms. The van der Waals surface area contributed by atoms with Gasteiger partial charge in [-0.1, -0.05) is 12.1 Å². The van der Waals surface area contributed by atoms with Crippen LogP contribution in [-0.4, -0.2) is 29.1 Å². The molecular formula is C15H13NO4. The normalized spacial score (nSPS) is 10.1. The van der Waals surface area contributed by atoms with Crippen molar-refractivity contribution in [1.29, 1.82) is 0 Å². The van der Waals surface area contributed by atoms with Crippen LogP contribution in [0.4, 0.5) is 0 Å². The van der Waals surface area contributed by atoms with E-state index in [-0.39, 0.29) is 11.1 Å². The Labute approximate surface area is 115 Å². The van der Waals surface area contributed by atoms with Crippen molar-refractivity contribution in [2.75, 3.05) is 7.11 Å². The summed E-state index contributed by atoms with van der Waals surface area (Å²) in [6.07, 6.45) is 1.55. The molecule has 1 aromatic heterocycles. The second-order valence-corrected chi connectivity index (χ2v) is 4.21. The van der Waals surface area contributed by atoms with Gasteiger partial charge in [-0.25, -0.2) is 9.59 Å². The molecule has 0 aliphatic rings. The Kier molecular flexibility index (Phi) is 3.79. The summed E-state index contributed by atoms with van der Waals surface area (Å²) in [4.78, 5) is 27.3. The third-order valence-corrected chi connectivity index (χ3v) is 2.90. The van der Waals surface area contributed by atoms with Crippen molar-refractivity contribution in [2.24, 2.45) is 0 Å². The van der Waals surface area contributed by atoms with Gasteiger partial charge in [0.05, 0.1) is 18.2 Å². The molecule has 5 heteroatoms. The molecule has 0 fully saturated rings. The SMILES string of the molecule is COC(=O)c1cccc(C(=O)O)c1-c1ccc(C)nc1. The number of esters is 1. The zero-order chi connectivity index (χ0) is 14.7. The van der Waals surface area contributed by atoms with Gasteiger partial charge in [0, 0.05) is 23.0 Å². The van der Waals surface area contributed by atoms with E-state index in [1.807, 2.05) is 6.92 Å². The number of hydrogen-bond acceptors (Lipinski definition) is 4. The Bertz CT molecular complexity index is 662. The fourth-order valence-corrected chi connectivity index (χ4v) is 1.94. The van der Waals surface area contributed by atoms with E-state index in [2.05, 4.69) is 4.98 Å². The maximum absolute atomic E-state index is 11.8. The molecule has 1 aromatic carbocycles. The molecule has 0 bridgehead atoms. The molecule has 1 N–H and O–H groups in total. The summed E-state index contributed by atoms with van der Waals surface area (Å²) in [6.45, 7) is 1.83. The topological polar surface area (TPSA) is 76.5 Å². The van der Waals surface area contributed by atoms with E-state index in [1.165, 1.54) is 25.3 Å². The summed E-state index contributed by atoms with van der Waals surface area (Å²) in [5.41, 5.74) is 1.94. The van der Waals surface area contributed by atoms with Crippen LogP contribution in [-0.2, 0) is 4.74 Å². The molecule has 0 amide bonds. The van der Waals surface area contributed by atoms with Gasteiger partial charge in [0.2, 0.25) is 0 Å². The lowest BCUT2D eigenvalue weighted by atomic mass is 9.95. The van der Waals surface area contributed by atoms with Crippen molar-refractivity contribution in [3.05, 3.63) is 53.3 Å². The summed E-state index contributed by atoms with van der Waals surface area (Å²) < 4.78 is 4.70. The number of hydrogen-bond donors (Lipinski definition) is 1. The monoisotopic (exact) mass is 271 g/mol. The van der Waals surface area contributed by atoms with Gasteiger partial charge < -0.3 is 9.84 Å². The van der Waals surface area contributed by atoms with Gasteiger partial charge in [0.25, 0.3) is 0 Å². The maximum atomic E-state index is 11.8. The van der Waals surface area contributed by atoms with Gasteiger partial charge in [-0.15, -0.1) is 0 Å². The van der Waals surface area contributed by atoms with Gasteiger partial charge in [-0.2, -0.15) is 0 Å². The highest BCUT2D eigenvalue weighted by atomic mass is 16.5. The van der Waals surface area contributed by atoms with Crippen molar-refractivity contribution in [3.8, 4) is 11.1 Å². The van der Waals surface area contributed by atoms with E-state index in [0.29, 0.717) is 11.1 Å². The van der Waals surface area contributed by atoms with Gasteiger partial charge in [0.15, 0.2) is 0 Å². The molecule has 5 nitrogen and oxygen atoms in total. The standard InChI is InChI=1S/C15H13NO4/c1-9-6-7-10(8-16-9)13-11(14(17)18)4-3-5-12(13)15(19)20-2/h3-8H,1-2H3,(H,17,18). The quantitative estimate of drug-likeness (QED) is 0.868. The molecule has 20 heavy (non-hydrogen) atoms. The summed E-state index contributed by atoms with van der Waals surface area (Å²) in [7, 11) is 1.26. The fraction of sp³-hybridized carbons (Fsp3) is 0.133. The Balaban J connectivity index is 2.72. The average molecular weight is 271 g/mol. The number of aryl methyl sites for hydroxylation is 1. The molecule has 0 aliphatic carbocycles.